The predicted octanol–water partition coefficient (Wildman–Crippen LogP) is 14.7. The molecular weight excluding hydrogens is 956 g/mol. The molecule has 6 nitrogen and oxygen atoms in total. The molecule has 2 aromatic heterocycles. The fraction of sp³-hybridized carbons (Fsp3) is 0.0357. The van der Waals surface area contributed by atoms with Gasteiger partial charge in [0.15, 0.2) is 0 Å². The van der Waals surface area contributed by atoms with Crippen LogP contribution in [0.2, 0.25) is 0 Å². The van der Waals surface area contributed by atoms with E-state index in [1.165, 1.54) is 0 Å². The van der Waals surface area contributed by atoms with Crippen LogP contribution in [0.1, 0.15) is 19.4 Å². The number of aryl methyl sites for hydroxylation is 2. The Hall–Kier alpha value is -7.40. The Labute approximate surface area is 388 Å². The molecular formula is C56H37N4O2Pt-3. The first kappa shape index (κ1) is 32.3. The normalized spacial score (nSPS) is 14.4. The smallest absolute Gasteiger partial charge is 0.135 e. The summed E-state index contributed by atoms with van der Waals surface area (Å²) in [5.41, 5.74) is 9.51. The molecule has 0 N–H and O–H groups in total. The van der Waals surface area contributed by atoms with Crippen LogP contribution in [-0.2, 0) is 21.1 Å². The minimum absolute atomic E-state index is 0. The molecule has 8 bridgehead atoms. The van der Waals surface area contributed by atoms with Gasteiger partial charge in [0, 0.05) is 97.4 Å². The maximum Gasteiger partial charge on any atom is 0.135 e. The van der Waals surface area contributed by atoms with Crippen LogP contribution in [0.25, 0.3) is 61.0 Å². The maximum absolute atomic E-state index is 8.91. The van der Waals surface area contributed by atoms with E-state index in [1.54, 1.807) is 41.1 Å². The van der Waals surface area contributed by atoms with Gasteiger partial charge in [-0.25, -0.2) is 4.98 Å². The third-order valence-corrected chi connectivity index (χ3v) is 11.6. The second-order valence-corrected chi connectivity index (χ2v) is 15.2. The first-order valence-electron chi connectivity index (χ1n) is 23.3. The zero-order valence-electron chi connectivity index (χ0n) is 39.3. The van der Waals surface area contributed by atoms with Gasteiger partial charge in [0.2, 0.25) is 0 Å². The van der Waals surface area contributed by atoms with Crippen LogP contribution in [-0.4, -0.2) is 9.55 Å². The van der Waals surface area contributed by atoms with Crippen LogP contribution in [0.4, 0.5) is 22.7 Å². The van der Waals surface area contributed by atoms with E-state index in [0.29, 0.717) is 61.7 Å². The molecule has 7 heteroatoms. The number of pyridine rings is 1. The van der Waals surface area contributed by atoms with Gasteiger partial charge in [-0.2, -0.15) is 12.1 Å². The minimum atomic E-state index is -2.60. The molecule has 8 aromatic carbocycles. The Morgan fingerprint density at radius 1 is 0.556 bits per heavy atom. The summed E-state index contributed by atoms with van der Waals surface area (Å²) in [5, 5.41) is 1.32. The van der Waals surface area contributed by atoms with E-state index >= 15 is 0 Å². The van der Waals surface area contributed by atoms with Crippen molar-refractivity contribution in [2.45, 2.75) is 13.7 Å². The molecule has 0 saturated heterocycles. The number of hydrogen-bond acceptors (Lipinski definition) is 5. The Morgan fingerprint density at radius 3 is 2.06 bits per heavy atom. The molecule has 0 fully saturated rings. The number of rotatable bonds is 1. The zero-order valence-corrected chi connectivity index (χ0v) is 35.6. The van der Waals surface area contributed by atoms with Gasteiger partial charge in [0.05, 0.1) is 0 Å². The summed E-state index contributed by atoms with van der Waals surface area (Å²) in [6.07, 6.45) is 1.57. The van der Waals surface area contributed by atoms with E-state index in [9.17, 15) is 0 Å². The minimum Gasteiger partial charge on any atom is -0.509 e. The zero-order chi connectivity index (χ0) is 46.3. The number of ether oxygens (including phenoxy) is 2. The second-order valence-electron chi connectivity index (χ2n) is 15.2. The second kappa shape index (κ2) is 15.5. The largest absolute Gasteiger partial charge is 0.509 e. The molecule has 3 aliphatic rings. The molecule has 0 aliphatic carbocycles. The molecule has 5 heterocycles. The van der Waals surface area contributed by atoms with Gasteiger partial charge >= 0.3 is 0 Å². The molecule has 0 radical (unpaired) electrons. The molecule has 0 amide bonds. The number of aromatic nitrogens is 2. The maximum atomic E-state index is 8.91. The third kappa shape index (κ3) is 6.49. The van der Waals surface area contributed by atoms with Gasteiger partial charge < -0.3 is 23.8 Å². The molecule has 0 unspecified atom stereocenters. The van der Waals surface area contributed by atoms with Crippen LogP contribution in [0.3, 0.4) is 0 Å². The summed E-state index contributed by atoms with van der Waals surface area (Å²) in [6.45, 7) is -2.88. The van der Waals surface area contributed by atoms with E-state index in [-0.39, 0.29) is 32.2 Å². The molecule has 10 aromatic rings. The van der Waals surface area contributed by atoms with Crippen LogP contribution in [0, 0.1) is 32.5 Å². The van der Waals surface area contributed by atoms with Crippen LogP contribution < -0.4 is 19.3 Å². The predicted molar refractivity (Wildman–Crippen MR) is 250 cm³/mol. The van der Waals surface area contributed by atoms with Crippen molar-refractivity contribution in [3.05, 3.63) is 212 Å². The van der Waals surface area contributed by atoms with Gasteiger partial charge in [-0.3, -0.25) is 0 Å². The molecule has 63 heavy (non-hydrogen) atoms. The van der Waals surface area contributed by atoms with Crippen molar-refractivity contribution >= 4 is 44.6 Å². The number of benzene rings is 8. The summed E-state index contributed by atoms with van der Waals surface area (Å²) >= 11 is 0. The summed E-state index contributed by atoms with van der Waals surface area (Å²) in [5.74, 6) is 2.09. The number of nitrogens with zero attached hydrogens (tertiary/aromatic N) is 4. The van der Waals surface area contributed by atoms with Gasteiger partial charge in [-0.05, 0) is 66.6 Å². The Morgan fingerprint density at radius 2 is 1.25 bits per heavy atom. The van der Waals surface area contributed by atoms with Crippen molar-refractivity contribution in [1.82, 2.24) is 9.55 Å². The number of fused-ring (bicyclic) bond motifs is 5. The van der Waals surface area contributed by atoms with E-state index in [4.69, 9.17) is 22.7 Å². The van der Waals surface area contributed by atoms with Crippen molar-refractivity contribution in [2.75, 3.05) is 9.80 Å². The van der Waals surface area contributed by atoms with Crippen LogP contribution in [0.15, 0.2) is 182 Å². The Bertz CT molecular complexity index is 3630. The van der Waals surface area contributed by atoms with Crippen LogP contribution >= 0.6 is 0 Å². The van der Waals surface area contributed by atoms with Crippen molar-refractivity contribution in [3.63, 3.8) is 0 Å². The number of hydrogen-bond donors (Lipinski definition) is 0. The van der Waals surface area contributed by atoms with Gasteiger partial charge in [-0.1, -0.05) is 120 Å². The first-order valence-corrected chi connectivity index (χ1v) is 20.3. The Kier molecular flexibility index (Phi) is 7.95. The summed E-state index contributed by atoms with van der Waals surface area (Å²) in [6, 6.07) is 62.9. The standard InChI is InChI=1S/C56H37N4O2.Pt/c1-36-26-29-49-47(30-36)43-28-27-41-33-52(43)60(49)55-31-37(2)48(34-57-55)45-19-7-11-25-54(45)62-53-24-10-6-18-44(53)46-21-13-20-42(38-14-4-3-5-15-38)56(46)59-35-58(50-22-8-9-23-51(50)59)39-16-12-17-40(32-39)61-41;/h3-31,34-35H,1-2H3;/q-3;/i1D3,2D3;. The number of anilines is 4. The fourth-order valence-electron chi connectivity index (χ4n) is 8.79. The monoisotopic (exact) mass is 998 g/mol. The summed E-state index contributed by atoms with van der Waals surface area (Å²) in [7, 11) is 0. The van der Waals surface area contributed by atoms with Crippen molar-refractivity contribution < 1.29 is 38.8 Å². The first-order chi connectivity index (χ1) is 33.0. The molecule has 306 valence electrons. The fourth-order valence-corrected chi connectivity index (χ4v) is 8.79. The SMILES string of the molecule is [2H]C([2H])([2H])c1ccc2c(c1)c1ccc3[c-]c1n2-c1cc(C([2H])([2H])[2H])c(cn1)-c1ccccc1Oc1ccccc1-c1cccc(-c2ccccc2)c1N1[CH-]N(c2[c-]c(ccc2)O3)c2ccccc21.[Pt]. The van der Waals surface area contributed by atoms with Gasteiger partial charge in [0.25, 0.3) is 0 Å². The van der Waals surface area contributed by atoms with E-state index < -0.39 is 13.7 Å². The van der Waals surface area contributed by atoms with Crippen molar-refractivity contribution in [1.29, 1.82) is 0 Å². The van der Waals surface area contributed by atoms with E-state index in [1.807, 2.05) is 103 Å². The van der Waals surface area contributed by atoms with E-state index in [2.05, 4.69) is 71.1 Å². The average Bonchev–Trinajstić information content (AvgIpc) is 3.89. The molecule has 0 atom stereocenters. The van der Waals surface area contributed by atoms with Crippen molar-refractivity contribution in [2.24, 2.45) is 0 Å². The summed E-state index contributed by atoms with van der Waals surface area (Å²) < 4.78 is 66.7. The molecule has 3 aliphatic heterocycles. The van der Waals surface area contributed by atoms with Gasteiger partial charge in [0.1, 0.15) is 17.3 Å². The summed E-state index contributed by atoms with van der Waals surface area (Å²) in [4.78, 5) is 9.27. The average molecular weight is 999 g/mol. The van der Waals surface area contributed by atoms with E-state index in [0.717, 1.165) is 45.0 Å². The quantitative estimate of drug-likeness (QED) is 0.153. The number of para-hydroxylation sites is 5. The molecule has 0 saturated carbocycles. The molecule has 13 rings (SSSR count). The van der Waals surface area contributed by atoms with Gasteiger partial charge in [-0.15, -0.1) is 48.1 Å². The van der Waals surface area contributed by atoms with Crippen molar-refractivity contribution in [3.8, 4) is 62.2 Å². The Balaban J connectivity index is 0.00000520. The topological polar surface area (TPSA) is 42.8 Å². The third-order valence-electron chi connectivity index (χ3n) is 11.6. The van der Waals surface area contributed by atoms with Crippen LogP contribution in [0.5, 0.6) is 23.0 Å². The molecule has 0 spiro atoms.